The van der Waals surface area contributed by atoms with Crippen LogP contribution in [0.25, 0.3) is 0 Å². The molecule has 94 valence electrons. The van der Waals surface area contributed by atoms with Crippen molar-refractivity contribution in [1.82, 2.24) is 0 Å². The lowest BCUT2D eigenvalue weighted by molar-refractivity contribution is -0.138. The second-order valence-corrected chi connectivity index (χ2v) is 4.17. The molecule has 4 nitrogen and oxygen atoms in total. The van der Waals surface area contributed by atoms with E-state index in [1.54, 1.807) is 38.2 Å². The zero-order chi connectivity index (χ0) is 13.1. The van der Waals surface area contributed by atoms with E-state index in [4.69, 9.17) is 4.74 Å². The number of rotatable bonds is 4. The topological polar surface area (TPSA) is 49.8 Å². The fraction of sp³-hybridized carbons (Fsp3) is 0.462. The molecule has 0 radical (unpaired) electrons. The number of nitrogens with zero attached hydrogens (tertiary/aromatic N) is 1. The van der Waals surface area contributed by atoms with E-state index in [1.165, 1.54) is 12.0 Å². The van der Waals surface area contributed by atoms with Crippen LogP contribution in [-0.4, -0.2) is 30.8 Å². The summed E-state index contributed by atoms with van der Waals surface area (Å²) >= 11 is 0. The molecule has 0 aliphatic rings. The normalized spacial score (nSPS) is 14.1. The summed E-state index contributed by atoms with van der Waals surface area (Å²) in [4.78, 5) is 13.8. The first-order valence-corrected chi connectivity index (χ1v) is 5.57. The Labute approximate surface area is 102 Å². The lowest BCUT2D eigenvalue weighted by atomic mass is 10.0. The van der Waals surface area contributed by atoms with E-state index in [0.29, 0.717) is 6.42 Å². The quantitative estimate of drug-likeness (QED) is 0.873. The maximum Gasteiger partial charge on any atom is 0.258 e. The van der Waals surface area contributed by atoms with Crippen molar-refractivity contribution in [3.05, 3.63) is 24.3 Å². The Morgan fingerprint density at radius 3 is 2.35 bits per heavy atom. The lowest BCUT2D eigenvalue weighted by Gasteiger charge is -2.30. The average Bonchev–Trinajstić information content (AvgIpc) is 2.37. The number of aromatic hydroxyl groups is 1. The number of amides is 1. The molecule has 17 heavy (non-hydrogen) atoms. The maximum atomic E-state index is 12.3. The summed E-state index contributed by atoms with van der Waals surface area (Å²) in [7, 11) is 3.23. The highest BCUT2D eigenvalue weighted by Gasteiger charge is 2.34. The van der Waals surface area contributed by atoms with Crippen molar-refractivity contribution in [2.75, 3.05) is 19.1 Å². The van der Waals surface area contributed by atoms with Gasteiger partial charge in [0.1, 0.15) is 11.4 Å². The molecule has 0 aliphatic heterocycles. The van der Waals surface area contributed by atoms with E-state index < -0.39 is 5.60 Å². The number of hydrogen-bond donors (Lipinski definition) is 1. The third-order valence-corrected chi connectivity index (χ3v) is 3.12. The van der Waals surface area contributed by atoms with Crippen LogP contribution in [0.15, 0.2) is 24.3 Å². The van der Waals surface area contributed by atoms with E-state index in [9.17, 15) is 9.90 Å². The van der Waals surface area contributed by atoms with Crippen LogP contribution in [0.2, 0.25) is 0 Å². The van der Waals surface area contributed by atoms with E-state index in [-0.39, 0.29) is 11.7 Å². The fourth-order valence-electron chi connectivity index (χ4n) is 1.53. The highest BCUT2D eigenvalue weighted by atomic mass is 16.5. The molecule has 0 heterocycles. The monoisotopic (exact) mass is 237 g/mol. The van der Waals surface area contributed by atoms with Crippen LogP contribution < -0.4 is 4.90 Å². The lowest BCUT2D eigenvalue weighted by Crippen LogP contribution is -2.46. The molecule has 1 aromatic carbocycles. The molecule has 1 atom stereocenters. The standard InChI is InChI=1S/C13H19NO3/c1-5-13(2,17-4)12(16)14(3)10-6-8-11(15)9-7-10/h6-9,15H,5H2,1-4H3. The van der Waals surface area contributed by atoms with Gasteiger partial charge in [-0.1, -0.05) is 6.92 Å². The molecule has 1 N–H and O–H groups in total. The summed E-state index contributed by atoms with van der Waals surface area (Å²) in [6, 6.07) is 6.49. The first-order chi connectivity index (χ1) is 7.94. The Kier molecular flexibility index (Phi) is 4.12. The number of phenols is 1. The Bertz CT molecular complexity index is 382. The summed E-state index contributed by atoms with van der Waals surface area (Å²) in [5, 5.41) is 9.20. The summed E-state index contributed by atoms with van der Waals surface area (Å²) < 4.78 is 5.27. The molecule has 0 bridgehead atoms. The zero-order valence-corrected chi connectivity index (χ0v) is 10.7. The van der Waals surface area contributed by atoms with E-state index in [0.717, 1.165) is 5.69 Å². The van der Waals surface area contributed by atoms with Crippen molar-refractivity contribution in [2.45, 2.75) is 25.9 Å². The predicted octanol–water partition coefficient (Wildman–Crippen LogP) is 2.17. The molecular weight excluding hydrogens is 218 g/mol. The third-order valence-electron chi connectivity index (χ3n) is 3.12. The van der Waals surface area contributed by atoms with Crippen LogP contribution >= 0.6 is 0 Å². The minimum absolute atomic E-state index is 0.104. The van der Waals surface area contributed by atoms with Gasteiger partial charge in [0.05, 0.1) is 0 Å². The Balaban J connectivity index is 2.93. The van der Waals surface area contributed by atoms with Gasteiger partial charge in [0.25, 0.3) is 5.91 Å². The molecule has 1 amide bonds. The summed E-state index contributed by atoms with van der Waals surface area (Å²) in [6.07, 6.45) is 0.602. The van der Waals surface area contributed by atoms with E-state index >= 15 is 0 Å². The molecule has 0 spiro atoms. The molecule has 4 heteroatoms. The van der Waals surface area contributed by atoms with Gasteiger partial charge >= 0.3 is 0 Å². The van der Waals surface area contributed by atoms with Gasteiger partial charge in [-0.3, -0.25) is 4.79 Å². The van der Waals surface area contributed by atoms with Crippen LogP contribution in [0, 0.1) is 0 Å². The van der Waals surface area contributed by atoms with Gasteiger partial charge in [-0.15, -0.1) is 0 Å². The Morgan fingerprint density at radius 1 is 1.41 bits per heavy atom. The van der Waals surface area contributed by atoms with Gasteiger partial charge in [-0.05, 0) is 37.6 Å². The van der Waals surface area contributed by atoms with Gasteiger partial charge in [-0.25, -0.2) is 0 Å². The highest BCUT2D eigenvalue weighted by molar-refractivity contribution is 5.98. The van der Waals surface area contributed by atoms with Crippen molar-refractivity contribution < 1.29 is 14.6 Å². The molecule has 0 aromatic heterocycles. The summed E-state index contributed by atoms with van der Waals surface area (Å²) in [5.41, 5.74) is -0.0864. The summed E-state index contributed by atoms with van der Waals surface area (Å²) in [5.74, 6) is 0.0767. The van der Waals surface area contributed by atoms with E-state index in [1.807, 2.05) is 6.92 Å². The van der Waals surface area contributed by atoms with Crippen molar-refractivity contribution in [2.24, 2.45) is 0 Å². The number of carbonyl (C=O) groups is 1. The Hall–Kier alpha value is -1.55. The first kappa shape index (κ1) is 13.5. The van der Waals surface area contributed by atoms with Gasteiger partial charge in [0.15, 0.2) is 0 Å². The molecular formula is C13H19NO3. The van der Waals surface area contributed by atoms with Crippen molar-refractivity contribution in [1.29, 1.82) is 0 Å². The van der Waals surface area contributed by atoms with Crippen molar-refractivity contribution in [3.63, 3.8) is 0 Å². The van der Waals surface area contributed by atoms with Crippen molar-refractivity contribution >= 4 is 11.6 Å². The average molecular weight is 237 g/mol. The highest BCUT2D eigenvalue weighted by Crippen LogP contribution is 2.23. The minimum atomic E-state index is -0.813. The number of ether oxygens (including phenoxy) is 1. The number of benzene rings is 1. The van der Waals surface area contributed by atoms with Gasteiger partial charge in [0.2, 0.25) is 0 Å². The number of anilines is 1. The van der Waals surface area contributed by atoms with Crippen LogP contribution in [0.4, 0.5) is 5.69 Å². The number of methoxy groups -OCH3 is 1. The fourth-order valence-corrected chi connectivity index (χ4v) is 1.53. The predicted molar refractivity (Wildman–Crippen MR) is 67.2 cm³/mol. The molecule has 0 saturated heterocycles. The van der Waals surface area contributed by atoms with Crippen molar-refractivity contribution in [3.8, 4) is 5.75 Å². The molecule has 1 aromatic rings. The number of hydrogen-bond acceptors (Lipinski definition) is 3. The van der Waals surface area contributed by atoms with Crippen LogP contribution in [-0.2, 0) is 9.53 Å². The third kappa shape index (κ3) is 2.77. The first-order valence-electron chi connectivity index (χ1n) is 5.57. The largest absolute Gasteiger partial charge is 0.508 e. The van der Waals surface area contributed by atoms with Gasteiger partial charge in [0, 0.05) is 19.8 Å². The SMILES string of the molecule is CCC(C)(OC)C(=O)N(C)c1ccc(O)cc1. The zero-order valence-electron chi connectivity index (χ0n) is 10.7. The molecule has 0 saturated carbocycles. The molecule has 1 rings (SSSR count). The second-order valence-electron chi connectivity index (χ2n) is 4.17. The smallest absolute Gasteiger partial charge is 0.258 e. The van der Waals surface area contributed by atoms with E-state index in [2.05, 4.69) is 0 Å². The van der Waals surface area contributed by atoms with Gasteiger partial charge < -0.3 is 14.7 Å². The minimum Gasteiger partial charge on any atom is -0.508 e. The molecule has 0 fully saturated rings. The number of likely N-dealkylation sites (N-methyl/N-ethyl adjacent to an activating group) is 1. The summed E-state index contributed by atoms with van der Waals surface area (Å²) in [6.45, 7) is 3.68. The maximum absolute atomic E-state index is 12.3. The molecule has 1 unspecified atom stereocenters. The molecule has 0 aliphatic carbocycles. The number of phenolic OH excluding ortho intramolecular Hbond substituents is 1. The second kappa shape index (κ2) is 5.19. The Morgan fingerprint density at radius 2 is 1.94 bits per heavy atom. The number of carbonyl (C=O) groups excluding carboxylic acids is 1. The van der Waals surface area contributed by atoms with Crippen LogP contribution in [0.5, 0.6) is 5.75 Å². The van der Waals surface area contributed by atoms with Crippen LogP contribution in [0.3, 0.4) is 0 Å². The van der Waals surface area contributed by atoms with Gasteiger partial charge in [-0.2, -0.15) is 0 Å². The van der Waals surface area contributed by atoms with Crippen LogP contribution in [0.1, 0.15) is 20.3 Å².